The van der Waals surface area contributed by atoms with Crippen molar-refractivity contribution < 1.29 is 4.74 Å². The fraction of sp³-hybridized carbons (Fsp3) is 0.375. The molecule has 0 aliphatic carbocycles. The Balaban J connectivity index is 1.92. The molecule has 0 saturated heterocycles. The van der Waals surface area contributed by atoms with Crippen molar-refractivity contribution in [3.05, 3.63) is 42.7 Å². The Hall–Kier alpha value is -1.94. The SMILES string of the molecule is COC(C)(C)CCNc1cnc(-c2ccccc2)nc1. The summed E-state index contributed by atoms with van der Waals surface area (Å²) in [6, 6.07) is 9.96. The first-order valence-corrected chi connectivity index (χ1v) is 6.77. The van der Waals surface area contributed by atoms with E-state index in [0.29, 0.717) is 0 Å². The molecule has 0 radical (unpaired) electrons. The topological polar surface area (TPSA) is 47.0 Å². The van der Waals surface area contributed by atoms with E-state index in [1.807, 2.05) is 42.7 Å². The lowest BCUT2D eigenvalue weighted by Crippen LogP contribution is -2.25. The number of ether oxygens (including phenoxy) is 1. The number of hydrogen-bond donors (Lipinski definition) is 1. The first-order chi connectivity index (χ1) is 9.61. The third-order valence-electron chi connectivity index (χ3n) is 3.29. The lowest BCUT2D eigenvalue weighted by molar-refractivity contribution is 0.0185. The van der Waals surface area contributed by atoms with Gasteiger partial charge in [0.1, 0.15) is 0 Å². The maximum absolute atomic E-state index is 5.38. The van der Waals surface area contributed by atoms with Gasteiger partial charge >= 0.3 is 0 Å². The summed E-state index contributed by atoms with van der Waals surface area (Å²) in [6.07, 6.45) is 4.55. The number of nitrogens with zero attached hydrogens (tertiary/aromatic N) is 2. The van der Waals surface area contributed by atoms with E-state index in [4.69, 9.17) is 4.74 Å². The predicted octanol–water partition coefficient (Wildman–Crippen LogP) is 3.37. The molecule has 4 nitrogen and oxygen atoms in total. The minimum absolute atomic E-state index is 0.113. The number of rotatable bonds is 6. The average Bonchev–Trinajstić information content (AvgIpc) is 2.49. The van der Waals surface area contributed by atoms with Crippen LogP contribution in [-0.2, 0) is 4.74 Å². The van der Waals surface area contributed by atoms with Crippen LogP contribution in [0.3, 0.4) is 0 Å². The highest BCUT2D eigenvalue weighted by Gasteiger charge is 2.15. The van der Waals surface area contributed by atoms with E-state index in [9.17, 15) is 0 Å². The minimum Gasteiger partial charge on any atom is -0.382 e. The summed E-state index contributed by atoms with van der Waals surface area (Å²) in [5.41, 5.74) is 1.84. The van der Waals surface area contributed by atoms with Crippen LogP contribution in [0.1, 0.15) is 20.3 Å². The molecule has 0 unspecified atom stereocenters. The van der Waals surface area contributed by atoms with Crippen LogP contribution in [0.2, 0.25) is 0 Å². The van der Waals surface area contributed by atoms with Gasteiger partial charge in [-0.05, 0) is 20.3 Å². The molecule has 0 spiro atoms. The molecule has 0 amide bonds. The molecule has 0 bridgehead atoms. The molecule has 0 aliphatic rings. The molecular weight excluding hydrogens is 250 g/mol. The second-order valence-electron chi connectivity index (χ2n) is 5.30. The standard InChI is InChI=1S/C16H21N3O/c1-16(2,20-3)9-10-17-14-11-18-15(19-12-14)13-7-5-4-6-8-13/h4-8,11-12,17H,9-10H2,1-3H3. The van der Waals surface area contributed by atoms with Gasteiger partial charge in [0.2, 0.25) is 0 Å². The third kappa shape index (κ3) is 4.03. The van der Waals surface area contributed by atoms with Crippen molar-refractivity contribution in [2.24, 2.45) is 0 Å². The molecule has 1 heterocycles. The molecule has 20 heavy (non-hydrogen) atoms. The molecule has 2 aromatic rings. The summed E-state index contributed by atoms with van der Waals surface area (Å²) in [5.74, 6) is 0.744. The van der Waals surface area contributed by atoms with Gasteiger partial charge in [-0.15, -0.1) is 0 Å². The van der Waals surface area contributed by atoms with Crippen molar-refractivity contribution in [1.29, 1.82) is 0 Å². The summed E-state index contributed by atoms with van der Waals surface area (Å²) in [4.78, 5) is 8.76. The van der Waals surface area contributed by atoms with Gasteiger partial charge in [0, 0.05) is 19.2 Å². The zero-order valence-corrected chi connectivity index (χ0v) is 12.3. The van der Waals surface area contributed by atoms with Gasteiger partial charge in [0.25, 0.3) is 0 Å². The highest BCUT2D eigenvalue weighted by atomic mass is 16.5. The summed E-state index contributed by atoms with van der Waals surface area (Å²) in [5, 5.41) is 3.31. The van der Waals surface area contributed by atoms with Crippen molar-refractivity contribution >= 4 is 5.69 Å². The summed E-state index contributed by atoms with van der Waals surface area (Å²) in [7, 11) is 1.73. The largest absolute Gasteiger partial charge is 0.382 e. The van der Waals surface area contributed by atoms with Crippen molar-refractivity contribution in [2.45, 2.75) is 25.9 Å². The van der Waals surface area contributed by atoms with Crippen LogP contribution in [0, 0.1) is 0 Å². The number of nitrogens with one attached hydrogen (secondary N) is 1. The number of anilines is 1. The minimum atomic E-state index is -0.113. The number of hydrogen-bond acceptors (Lipinski definition) is 4. The van der Waals surface area contributed by atoms with Crippen LogP contribution in [0.15, 0.2) is 42.7 Å². The quantitative estimate of drug-likeness (QED) is 0.875. The van der Waals surface area contributed by atoms with E-state index in [1.165, 1.54) is 0 Å². The molecule has 1 aromatic carbocycles. The lowest BCUT2D eigenvalue weighted by atomic mass is 10.1. The molecular formula is C16H21N3O. The van der Waals surface area contributed by atoms with Crippen molar-refractivity contribution in [2.75, 3.05) is 19.0 Å². The van der Waals surface area contributed by atoms with E-state index in [-0.39, 0.29) is 5.60 Å². The average molecular weight is 271 g/mol. The molecule has 2 rings (SSSR count). The molecule has 1 aromatic heterocycles. The summed E-state index contributed by atoms with van der Waals surface area (Å²) < 4.78 is 5.38. The molecule has 0 atom stereocenters. The zero-order chi connectivity index (χ0) is 14.4. The maximum Gasteiger partial charge on any atom is 0.159 e. The molecule has 0 aliphatic heterocycles. The van der Waals surface area contributed by atoms with Crippen LogP contribution in [-0.4, -0.2) is 29.2 Å². The lowest BCUT2D eigenvalue weighted by Gasteiger charge is -2.22. The number of methoxy groups -OCH3 is 1. The normalized spacial score (nSPS) is 11.3. The van der Waals surface area contributed by atoms with E-state index in [0.717, 1.165) is 30.0 Å². The van der Waals surface area contributed by atoms with Crippen LogP contribution in [0.4, 0.5) is 5.69 Å². The van der Waals surface area contributed by atoms with E-state index < -0.39 is 0 Å². The van der Waals surface area contributed by atoms with Gasteiger partial charge in [0.15, 0.2) is 5.82 Å². The molecule has 106 valence electrons. The Bertz CT molecular complexity index is 523. The summed E-state index contributed by atoms with van der Waals surface area (Å²) in [6.45, 7) is 4.97. The van der Waals surface area contributed by atoms with E-state index in [1.54, 1.807) is 7.11 Å². The van der Waals surface area contributed by atoms with Gasteiger partial charge < -0.3 is 10.1 Å². The molecule has 0 saturated carbocycles. The van der Waals surface area contributed by atoms with Gasteiger partial charge in [-0.2, -0.15) is 0 Å². The van der Waals surface area contributed by atoms with Gasteiger partial charge in [-0.3, -0.25) is 0 Å². The van der Waals surface area contributed by atoms with Crippen molar-refractivity contribution in [3.8, 4) is 11.4 Å². The van der Waals surface area contributed by atoms with Crippen molar-refractivity contribution in [1.82, 2.24) is 9.97 Å². The highest BCUT2D eigenvalue weighted by molar-refractivity contribution is 5.55. The fourth-order valence-electron chi connectivity index (χ4n) is 1.77. The van der Waals surface area contributed by atoms with E-state index in [2.05, 4.69) is 29.1 Å². The number of aromatic nitrogens is 2. The predicted molar refractivity (Wildman–Crippen MR) is 81.7 cm³/mol. The first kappa shape index (κ1) is 14.5. The first-order valence-electron chi connectivity index (χ1n) is 6.77. The Morgan fingerprint density at radius 3 is 2.35 bits per heavy atom. The summed E-state index contributed by atoms with van der Waals surface area (Å²) >= 11 is 0. The zero-order valence-electron chi connectivity index (χ0n) is 12.3. The van der Waals surface area contributed by atoms with Crippen LogP contribution in [0.25, 0.3) is 11.4 Å². The number of benzene rings is 1. The van der Waals surface area contributed by atoms with Crippen LogP contribution in [0.5, 0.6) is 0 Å². The van der Waals surface area contributed by atoms with Gasteiger partial charge in [-0.1, -0.05) is 30.3 Å². The second kappa shape index (κ2) is 6.48. The van der Waals surface area contributed by atoms with Gasteiger partial charge in [0.05, 0.1) is 23.7 Å². The monoisotopic (exact) mass is 271 g/mol. The Labute approximate surface area is 120 Å². The highest BCUT2D eigenvalue weighted by Crippen LogP contribution is 2.16. The van der Waals surface area contributed by atoms with Gasteiger partial charge in [-0.25, -0.2) is 9.97 Å². The van der Waals surface area contributed by atoms with Crippen molar-refractivity contribution in [3.63, 3.8) is 0 Å². The third-order valence-corrected chi connectivity index (χ3v) is 3.29. The Morgan fingerprint density at radius 1 is 1.10 bits per heavy atom. The molecule has 4 heteroatoms. The van der Waals surface area contributed by atoms with E-state index >= 15 is 0 Å². The fourth-order valence-corrected chi connectivity index (χ4v) is 1.77. The smallest absolute Gasteiger partial charge is 0.159 e. The second-order valence-corrected chi connectivity index (χ2v) is 5.30. The maximum atomic E-state index is 5.38. The molecule has 0 fully saturated rings. The van der Waals surface area contributed by atoms with Crippen LogP contribution < -0.4 is 5.32 Å². The molecule has 1 N–H and O–H groups in total. The Kier molecular flexibility index (Phi) is 4.69. The van der Waals surface area contributed by atoms with Crippen LogP contribution >= 0.6 is 0 Å². The Morgan fingerprint density at radius 2 is 1.75 bits per heavy atom.